The molecule has 0 N–H and O–H groups in total. The van der Waals surface area contributed by atoms with E-state index in [-0.39, 0.29) is 5.91 Å². The van der Waals surface area contributed by atoms with Gasteiger partial charge >= 0.3 is 0 Å². The van der Waals surface area contributed by atoms with Gasteiger partial charge in [-0.25, -0.2) is 0 Å². The number of nitrogens with zero attached hydrogens (tertiary/aromatic N) is 1. The van der Waals surface area contributed by atoms with Crippen molar-refractivity contribution in [3.63, 3.8) is 0 Å². The van der Waals surface area contributed by atoms with Crippen LogP contribution in [0.3, 0.4) is 0 Å². The van der Waals surface area contributed by atoms with E-state index in [4.69, 9.17) is 11.6 Å². The summed E-state index contributed by atoms with van der Waals surface area (Å²) in [6, 6.07) is 0. The van der Waals surface area contributed by atoms with E-state index >= 15 is 0 Å². The van der Waals surface area contributed by atoms with Crippen LogP contribution >= 0.6 is 11.6 Å². The summed E-state index contributed by atoms with van der Waals surface area (Å²) in [5.41, 5.74) is 0. The molecule has 0 saturated heterocycles. The topological polar surface area (TPSA) is 20.3 Å². The number of rotatable bonds is 14. The Morgan fingerprint density at radius 3 is 1.68 bits per heavy atom. The van der Waals surface area contributed by atoms with Crippen molar-refractivity contribution in [3.8, 4) is 0 Å². The molecule has 0 aromatic rings. The lowest BCUT2D eigenvalue weighted by molar-refractivity contribution is -0.132. The molecular formula is C19H38ClNO. The molecule has 0 spiro atoms. The summed E-state index contributed by atoms with van der Waals surface area (Å²) in [5.74, 6) is 1.97. The summed E-state index contributed by atoms with van der Waals surface area (Å²) in [6.07, 6.45) is 10.3. The van der Waals surface area contributed by atoms with Crippen molar-refractivity contribution >= 4 is 17.5 Å². The van der Waals surface area contributed by atoms with Gasteiger partial charge in [-0.05, 0) is 24.7 Å². The van der Waals surface area contributed by atoms with Gasteiger partial charge in [-0.15, -0.1) is 11.6 Å². The third kappa shape index (κ3) is 9.71. The number of hydrogen-bond donors (Lipinski definition) is 0. The molecule has 0 aliphatic heterocycles. The zero-order valence-electron chi connectivity index (χ0n) is 15.4. The summed E-state index contributed by atoms with van der Waals surface area (Å²) < 4.78 is 0. The molecule has 0 saturated carbocycles. The molecule has 0 aromatic carbocycles. The van der Waals surface area contributed by atoms with Gasteiger partial charge in [0.05, 0.1) is 0 Å². The SMILES string of the molecule is CCCCC(CC)CN(CC(CC)CCCC)C(=O)CCCl. The molecule has 0 aliphatic carbocycles. The van der Waals surface area contributed by atoms with Crippen molar-refractivity contribution < 1.29 is 4.79 Å². The van der Waals surface area contributed by atoms with Crippen molar-refractivity contribution in [1.82, 2.24) is 4.90 Å². The maximum Gasteiger partial charge on any atom is 0.223 e. The zero-order valence-corrected chi connectivity index (χ0v) is 16.1. The van der Waals surface area contributed by atoms with E-state index in [1.54, 1.807) is 0 Å². The van der Waals surface area contributed by atoms with Crippen LogP contribution in [0.1, 0.15) is 85.5 Å². The van der Waals surface area contributed by atoms with Crippen LogP contribution in [-0.2, 0) is 4.79 Å². The summed E-state index contributed by atoms with van der Waals surface area (Å²) in [4.78, 5) is 14.6. The molecule has 0 heterocycles. The number of unbranched alkanes of at least 4 members (excludes halogenated alkanes) is 2. The van der Waals surface area contributed by atoms with Gasteiger partial charge in [-0.2, -0.15) is 0 Å². The highest BCUT2D eigenvalue weighted by Crippen LogP contribution is 2.19. The Morgan fingerprint density at radius 1 is 0.909 bits per heavy atom. The van der Waals surface area contributed by atoms with Crippen LogP contribution in [0.4, 0.5) is 0 Å². The van der Waals surface area contributed by atoms with Gasteiger partial charge in [0.15, 0.2) is 0 Å². The molecule has 2 nitrogen and oxygen atoms in total. The molecule has 22 heavy (non-hydrogen) atoms. The third-order valence-corrected chi connectivity index (χ3v) is 4.89. The molecule has 2 atom stereocenters. The molecule has 0 fully saturated rings. The van der Waals surface area contributed by atoms with Crippen LogP contribution in [0.2, 0.25) is 0 Å². The van der Waals surface area contributed by atoms with Gasteiger partial charge in [0.2, 0.25) is 5.91 Å². The molecule has 132 valence electrons. The van der Waals surface area contributed by atoms with Crippen LogP contribution in [-0.4, -0.2) is 29.8 Å². The highest BCUT2D eigenvalue weighted by Gasteiger charge is 2.20. The number of amides is 1. The minimum absolute atomic E-state index is 0.250. The smallest absolute Gasteiger partial charge is 0.223 e. The van der Waals surface area contributed by atoms with Gasteiger partial charge in [-0.1, -0.05) is 66.2 Å². The lowest BCUT2D eigenvalue weighted by Crippen LogP contribution is -2.39. The fourth-order valence-corrected chi connectivity index (χ4v) is 3.14. The number of hydrogen-bond acceptors (Lipinski definition) is 1. The Morgan fingerprint density at radius 2 is 1.36 bits per heavy atom. The molecule has 0 rings (SSSR count). The Balaban J connectivity index is 4.67. The second-order valence-corrected chi connectivity index (χ2v) is 6.95. The second-order valence-electron chi connectivity index (χ2n) is 6.57. The summed E-state index contributed by atoms with van der Waals surface area (Å²) in [7, 11) is 0. The molecular weight excluding hydrogens is 294 g/mol. The van der Waals surface area contributed by atoms with Crippen molar-refractivity contribution in [3.05, 3.63) is 0 Å². The molecule has 0 aromatic heterocycles. The van der Waals surface area contributed by atoms with Gasteiger partial charge < -0.3 is 4.90 Å². The van der Waals surface area contributed by atoms with Gasteiger partial charge in [0.25, 0.3) is 0 Å². The molecule has 2 unspecified atom stereocenters. The average Bonchev–Trinajstić information content (AvgIpc) is 2.53. The molecule has 3 heteroatoms. The van der Waals surface area contributed by atoms with Gasteiger partial charge in [0.1, 0.15) is 0 Å². The molecule has 1 amide bonds. The predicted octanol–water partition coefficient (Wildman–Crippen LogP) is 5.88. The van der Waals surface area contributed by atoms with E-state index in [0.29, 0.717) is 24.1 Å². The van der Waals surface area contributed by atoms with Crippen LogP contribution in [0.15, 0.2) is 0 Å². The first-order valence-electron chi connectivity index (χ1n) is 9.46. The third-order valence-electron chi connectivity index (χ3n) is 4.70. The van der Waals surface area contributed by atoms with E-state index in [1.807, 2.05) is 0 Å². The van der Waals surface area contributed by atoms with Crippen LogP contribution < -0.4 is 0 Å². The monoisotopic (exact) mass is 331 g/mol. The van der Waals surface area contributed by atoms with E-state index in [9.17, 15) is 4.79 Å². The van der Waals surface area contributed by atoms with E-state index in [1.165, 1.54) is 38.5 Å². The summed E-state index contributed by atoms with van der Waals surface area (Å²) >= 11 is 5.80. The highest BCUT2D eigenvalue weighted by molar-refractivity contribution is 6.18. The maximum absolute atomic E-state index is 12.4. The standard InChI is InChI=1S/C19H38ClNO/c1-5-9-11-17(7-3)15-21(19(22)13-14-20)16-18(8-4)12-10-6-2/h17-18H,5-16H2,1-4H3. The summed E-state index contributed by atoms with van der Waals surface area (Å²) in [6.45, 7) is 10.8. The Kier molecular flexibility index (Phi) is 14.2. The van der Waals surface area contributed by atoms with Crippen molar-refractivity contribution in [1.29, 1.82) is 0 Å². The minimum Gasteiger partial charge on any atom is -0.342 e. The van der Waals surface area contributed by atoms with Crippen LogP contribution in [0.25, 0.3) is 0 Å². The number of halogens is 1. The molecule has 0 radical (unpaired) electrons. The molecule has 0 bridgehead atoms. The zero-order chi connectivity index (χ0) is 16.8. The van der Waals surface area contributed by atoms with Gasteiger partial charge in [0, 0.05) is 25.4 Å². The Bertz CT molecular complexity index is 252. The molecule has 0 aliphatic rings. The lowest BCUT2D eigenvalue weighted by atomic mass is 9.95. The van der Waals surface area contributed by atoms with Crippen LogP contribution in [0, 0.1) is 11.8 Å². The fourth-order valence-electron chi connectivity index (χ4n) is 2.98. The van der Waals surface area contributed by atoms with E-state index in [2.05, 4.69) is 32.6 Å². The predicted molar refractivity (Wildman–Crippen MR) is 98.5 cm³/mol. The highest BCUT2D eigenvalue weighted by atomic mass is 35.5. The first-order valence-corrected chi connectivity index (χ1v) is 9.99. The quantitative estimate of drug-likeness (QED) is 0.364. The Labute approximate surface area is 144 Å². The minimum atomic E-state index is 0.250. The second kappa shape index (κ2) is 14.4. The van der Waals surface area contributed by atoms with E-state index in [0.717, 1.165) is 25.9 Å². The van der Waals surface area contributed by atoms with Crippen molar-refractivity contribution in [2.45, 2.75) is 85.5 Å². The van der Waals surface area contributed by atoms with Crippen LogP contribution in [0.5, 0.6) is 0 Å². The maximum atomic E-state index is 12.4. The van der Waals surface area contributed by atoms with Gasteiger partial charge in [-0.3, -0.25) is 4.79 Å². The average molecular weight is 332 g/mol. The normalized spacial score (nSPS) is 13.9. The first-order chi connectivity index (χ1) is 10.6. The largest absolute Gasteiger partial charge is 0.342 e. The lowest BCUT2D eigenvalue weighted by Gasteiger charge is -2.30. The van der Waals surface area contributed by atoms with Crippen molar-refractivity contribution in [2.24, 2.45) is 11.8 Å². The summed E-state index contributed by atoms with van der Waals surface area (Å²) in [5, 5.41) is 0. The fraction of sp³-hybridized carbons (Fsp3) is 0.947. The number of alkyl halides is 1. The number of carbonyl (C=O) groups excluding carboxylic acids is 1. The van der Waals surface area contributed by atoms with E-state index < -0.39 is 0 Å². The Hall–Kier alpha value is -0.240. The number of carbonyl (C=O) groups is 1. The van der Waals surface area contributed by atoms with Crippen molar-refractivity contribution in [2.75, 3.05) is 19.0 Å². The first kappa shape index (κ1) is 21.8.